The van der Waals surface area contributed by atoms with Gasteiger partial charge in [-0.15, -0.1) is 0 Å². The first-order chi connectivity index (χ1) is 9.88. The van der Waals surface area contributed by atoms with Crippen molar-refractivity contribution < 1.29 is 14.8 Å². The zero-order valence-electron chi connectivity index (χ0n) is 10.3. The van der Waals surface area contributed by atoms with Gasteiger partial charge in [-0.25, -0.2) is 4.79 Å². The Bertz CT molecular complexity index is 734. The molecular weight excluding hydrogens is 408 g/mol. The number of anilines is 2. The maximum Gasteiger partial charge on any atom is 0.335 e. The Hall–Kier alpha value is -1.93. The Kier molecular flexibility index (Phi) is 4.59. The number of carbonyl (C=O) groups is 1. The van der Waals surface area contributed by atoms with Gasteiger partial charge in [0.25, 0.3) is 5.69 Å². The van der Waals surface area contributed by atoms with Crippen molar-refractivity contribution >= 4 is 54.9 Å². The minimum atomic E-state index is -1.15. The Morgan fingerprint density at radius 1 is 1.14 bits per heavy atom. The average Bonchev–Trinajstić information content (AvgIpc) is 2.41. The fourth-order valence-electron chi connectivity index (χ4n) is 1.66. The summed E-state index contributed by atoms with van der Waals surface area (Å²) in [6.45, 7) is 0. The molecule has 0 bridgehead atoms. The SMILES string of the molecule is O=C(O)c1ccc([N+](=O)[O-])c(Nc2ccc(Br)cc2Br)c1. The fraction of sp³-hybridized carbons (Fsp3) is 0. The fourth-order valence-corrected chi connectivity index (χ4v) is 2.81. The maximum atomic E-state index is 11.0. The van der Waals surface area contributed by atoms with Gasteiger partial charge in [0.15, 0.2) is 0 Å². The van der Waals surface area contributed by atoms with E-state index in [2.05, 4.69) is 37.2 Å². The first kappa shape index (κ1) is 15.5. The van der Waals surface area contributed by atoms with Crippen molar-refractivity contribution in [1.82, 2.24) is 0 Å². The highest BCUT2D eigenvalue weighted by molar-refractivity contribution is 9.11. The predicted octanol–water partition coefficient (Wildman–Crippen LogP) is 4.56. The topological polar surface area (TPSA) is 92.5 Å². The zero-order valence-corrected chi connectivity index (χ0v) is 13.5. The first-order valence-corrected chi connectivity index (χ1v) is 7.21. The number of benzene rings is 2. The van der Waals surface area contributed by atoms with Crippen molar-refractivity contribution in [2.75, 3.05) is 5.32 Å². The summed E-state index contributed by atoms with van der Waals surface area (Å²) < 4.78 is 1.53. The van der Waals surface area contributed by atoms with Gasteiger partial charge in [0, 0.05) is 15.0 Å². The molecule has 2 aromatic carbocycles. The number of hydrogen-bond acceptors (Lipinski definition) is 4. The molecule has 0 heterocycles. The zero-order chi connectivity index (χ0) is 15.6. The molecule has 2 aromatic rings. The smallest absolute Gasteiger partial charge is 0.335 e. The number of aromatic carboxylic acids is 1. The highest BCUT2D eigenvalue weighted by atomic mass is 79.9. The van der Waals surface area contributed by atoms with Crippen LogP contribution in [0, 0.1) is 10.1 Å². The molecule has 6 nitrogen and oxygen atoms in total. The number of nitro groups is 1. The molecule has 0 aliphatic rings. The summed E-state index contributed by atoms with van der Waals surface area (Å²) in [6.07, 6.45) is 0. The standard InChI is InChI=1S/C13H8Br2N2O4/c14-8-2-3-10(9(15)6-8)16-11-5-7(13(18)19)1-4-12(11)17(20)21/h1-6,16H,(H,18,19). The van der Waals surface area contributed by atoms with E-state index >= 15 is 0 Å². The van der Waals surface area contributed by atoms with Crippen LogP contribution in [0.1, 0.15) is 10.4 Å². The molecule has 0 saturated carbocycles. The second-order valence-electron chi connectivity index (χ2n) is 4.04. The first-order valence-electron chi connectivity index (χ1n) is 5.62. The van der Waals surface area contributed by atoms with E-state index in [0.717, 1.165) is 4.47 Å². The molecule has 0 saturated heterocycles. The highest BCUT2D eigenvalue weighted by Gasteiger charge is 2.17. The molecule has 0 radical (unpaired) electrons. The van der Waals surface area contributed by atoms with E-state index in [1.165, 1.54) is 18.2 Å². The Morgan fingerprint density at radius 3 is 2.43 bits per heavy atom. The second-order valence-corrected chi connectivity index (χ2v) is 5.81. The molecule has 108 valence electrons. The second kappa shape index (κ2) is 6.23. The van der Waals surface area contributed by atoms with Crippen molar-refractivity contribution in [1.29, 1.82) is 0 Å². The highest BCUT2D eigenvalue weighted by Crippen LogP contribution is 2.33. The van der Waals surface area contributed by atoms with Crippen LogP contribution in [0.5, 0.6) is 0 Å². The quantitative estimate of drug-likeness (QED) is 0.563. The van der Waals surface area contributed by atoms with Gasteiger partial charge < -0.3 is 10.4 Å². The lowest BCUT2D eigenvalue weighted by Gasteiger charge is -2.10. The van der Waals surface area contributed by atoms with Gasteiger partial charge in [0.1, 0.15) is 5.69 Å². The van der Waals surface area contributed by atoms with Crippen molar-refractivity contribution in [3.63, 3.8) is 0 Å². The normalized spacial score (nSPS) is 10.2. The van der Waals surface area contributed by atoms with Crippen LogP contribution < -0.4 is 5.32 Å². The summed E-state index contributed by atoms with van der Waals surface area (Å²) in [5, 5.41) is 22.9. The molecule has 0 atom stereocenters. The van der Waals surface area contributed by atoms with Crippen LogP contribution in [0.4, 0.5) is 17.1 Å². The van der Waals surface area contributed by atoms with Gasteiger partial charge >= 0.3 is 5.97 Å². The number of rotatable bonds is 4. The third-order valence-electron chi connectivity index (χ3n) is 2.64. The summed E-state index contributed by atoms with van der Waals surface area (Å²) in [6, 6.07) is 8.84. The van der Waals surface area contributed by atoms with Crippen molar-refractivity contribution in [3.05, 3.63) is 61.0 Å². The van der Waals surface area contributed by atoms with Crippen LogP contribution in [-0.4, -0.2) is 16.0 Å². The minimum absolute atomic E-state index is 0.0312. The third kappa shape index (κ3) is 3.59. The van der Waals surface area contributed by atoms with E-state index in [4.69, 9.17) is 5.11 Å². The van der Waals surface area contributed by atoms with Gasteiger partial charge in [0.2, 0.25) is 0 Å². The number of halogens is 2. The summed E-state index contributed by atoms with van der Waals surface area (Å²) in [7, 11) is 0. The lowest BCUT2D eigenvalue weighted by atomic mass is 10.1. The van der Waals surface area contributed by atoms with E-state index < -0.39 is 10.9 Å². The summed E-state index contributed by atoms with van der Waals surface area (Å²) >= 11 is 6.64. The number of carboxylic acid groups (broad SMARTS) is 1. The van der Waals surface area contributed by atoms with Gasteiger partial charge in [-0.1, -0.05) is 15.9 Å². The number of hydrogen-bond donors (Lipinski definition) is 2. The van der Waals surface area contributed by atoms with Crippen molar-refractivity contribution in [2.24, 2.45) is 0 Å². The summed E-state index contributed by atoms with van der Waals surface area (Å²) in [5.41, 5.74) is 0.470. The molecule has 0 spiro atoms. The molecule has 2 rings (SSSR count). The molecular formula is C13H8Br2N2O4. The van der Waals surface area contributed by atoms with E-state index in [9.17, 15) is 14.9 Å². The monoisotopic (exact) mass is 414 g/mol. The van der Waals surface area contributed by atoms with Crippen LogP contribution >= 0.6 is 31.9 Å². The molecule has 2 N–H and O–H groups in total. The maximum absolute atomic E-state index is 11.0. The van der Waals surface area contributed by atoms with Crippen LogP contribution in [0.2, 0.25) is 0 Å². The lowest BCUT2D eigenvalue weighted by molar-refractivity contribution is -0.383. The van der Waals surface area contributed by atoms with Crippen LogP contribution in [0.3, 0.4) is 0 Å². The van der Waals surface area contributed by atoms with E-state index in [-0.39, 0.29) is 16.9 Å². The lowest BCUT2D eigenvalue weighted by Crippen LogP contribution is -2.02. The van der Waals surface area contributed by atoms with Gasteiger partial charge in [0.05, 0.1) is 16.2 Å². The van der Waals surface area contributed by atoms with E-state index in [1.807, 2.05) is 0 Å². The van der Waals surface area contributed by atoms with Crippen LogP contribution in [0.25, 0.3) is 0 Å². The molecule has 0 unspecified atom stereocenters. The Morgan fingerprint density at radius 2 is 1.86 bits per heavy atom. The van der Waals surface area contributed by atoms with Crippen LogP contribution in [-0.2, 0) is 0 Å². The largest absolute Gasteiger partial charge is 0.478 e. The molecule has 0 fully saturated rings. The van der Waals surface area contributed by atoms with Crippen LogP contribution in [0.15, 0.2) is 45.3 Å². The van der Waals surface area contributed by atoms with Gasteiger partial charge in [-0.05, 0) is 46.3 Å². The van der Waals surface area contributed by atoms with Gasteiger partial charge in [-0.2, -0.15) is 0 Å². The number of carboxylic acids is 1. The molecule has 0 aromatic heterocycles. The molecule has 21 heavy (non-hydrogen) atoms. The van der Waals surface area contributed by atoms with Gasteiger partial charge in [-0.3, -0.25) is 10.1 Å². The molecule has 0 aliphatic heterocycles. The number of nitrogens with zero attached hydrogens (tertiary/aromatic N) is 1. The number of nitro benzene ring substituents is 1. The summed E-state index contributed by atoms with van der Waals surface area (Å²) in [5.74, 6) is -1.15. The summed E-state index contributed by atoms with van der Waals surface area (Å²) in [4.78, 5) is 21.4. The van der Waals surface area contributed by atoms with Crippen molar-refractivity contribution in [3.8, 4) is 0 Å². The van der Waals surface area contributed by atoms with Crippen molar-refractivity contribution in [2.45, 2.75) is 0 Å². The average molecular weight is 416 g/mol. The van der Waals surface area contributed by atoms with E-state index in [1.54, 1.807) is 18.2 Å². The molecule has 8 heteroatoms. The Labute approximate surface area is 136 Å². The predicted molar refractivity (Wildman–Crippen MR) is 85.2 cm³/mol. The third-order valence-corrected chi connectivity index (χ3v) is 3.79. The number of nitrogens with one attached hydrogen (secondary N) is 1. The minimum Gasteiger partial charge on any atom is -0.478 e. The molecule has 0 aliphatic carbocycles. The Balaban J connectivity index is 2.48. The van der Waals surface area contributed by atoms with E-state index in [0.29, 0.717) is 10.2 Å². The molecule has 0 amide bonds.